The molecule has 3 rings (SSSR count). The van der Waals surface area contributed by atoms with Crippen molar-refractivity contribution in [3.63, 3.8) is 0 Å². The standard InChI is InChI=1S/C15H12Cl2N2O/c16-11-6-9-3-4-13(14(9)12(17)7-11)19-15(20)10-2-1-5-18-8-10/h1-2,5-8,13H,3-4H2,(H,19,20)/t13-/m1/s1. The molecule has 3 nitrogen and oxygen atoms in total. The van der Waals surface area contributed by atoms with E-state index in [4.69, 9.17) is 23.2 Å². The molecule has 20 heavy (non-hydrogen) atoms. The summed E-state index contributed by atoms with van der Waals surface area (Å²) < 4.78 is 0. The van der Waals surface area contributed by atoms with Gasteiger partial charge in [0, 0.05) is 22.4 Å². The zero-order chi connectivity index (χ0) is 14.1. The molecule has 1 aromatic carbocycles. The zero-order valence-corrected chi connectivity index (χ0v) is 12.1. The highest BCUT2D eigenvalue weighted by atomic mass is 35.5. The number of rotatable bonds is 2. The van der Waals surface area contributed by atoms with Crippen molar-refractivity contribution in [1.29, 1.82) is 0 Å². The number of halogens is 2. The summed E-state index contributed by atoms with van der Waals surface area (Å²) in [5, 5.41) is 4.25. The molecular weight excluding hydrogens is 295 g/mol. The zero-order valence-electron chi connectivity index (χ0n) is 10.6. The van der Waals surface area contributed by atoms with Gasteiger partial charge in [-0.25, -0.2) is 0 Å². The van der Waals surface area contributed by atoms with Crippen LogP contribution < -0.4 is 5.32 Å². The highest BCUT2D eigenvalue weighted by Gasteiger charge is 2.27. The van der Waals surface area contributed by atoms with E-state index in [1.165, 1.54) is 0 Å². The van der Waals surface area contributed by atoms with Crippen LogP contribution in [0.15, 0.2) is 36.7 Å². The first-order chi connectivity index (χ1) is 9.65. The number of aryl methyl sites for hydroxylation is 1. The van der Waals surface area contributed by atoms with Gasteiger partial charge in [0.05, 0.1) is 11.6 Å². The van der Waals surface area contributed by atoms with Crippen molar-refractivity contribution in [2.75, 3.05) is 0 Å². The molecular formula is C15H12Cl2N2O. The van der Waals surface area contributed by atoms with Gasteiger partial charge in [-0.3, -0.25) is 9.78 Å². The lowest BCUT2D eigenvalue weighted by molar-refractivity contribution is 0.0936. The van der Waals surface area contributed by atoms with Crippen LogP contribution in [0.4, 0.5) is 0 Å². The van der Waals surface area contributed by atoms with Gasteiger partial charge in [0.15, 0.2) is 0 Å². The van der Waals surface area contributed by atoms with Crippen LogP contribution in [0.3, 0.4) is 0 Å². The minimum atomic E-state index is -0.137. The molecule has 1 N–H and O–H groups in total. The van der Waals surface area contributed by atoms with Crippen LogP contribution in [0, 0.1) is 0 Å². The summed E-state index contributed by atoms with van der Waals surface area (Å²) in [6.45, 7) is 0. The molecule has 0 saturated heterocycles. The smallest absolute Gasteiger partial charge is 0.253 e. The topological polar surface area (TPSA) is 42.0 Å². The van der Waals surface area contributed by atoms with Crippen molar-refractivity contribution in [1.82, 2.24) is 10.3 Å². The van der Waals surface area contributed by atoms with Crippen LogP contribution in [0.5, 0.6) is 0 Å². The van der Waals surface area contributed by atoms with Crippen LogP contribution in [-0.2, 0) is 6.42 Å². The first-order valence-electron chi connectivity index (χ1n) is 6.34. The predicted octanol–water partition coefficient (Wildman–Crippen LogP) is 3.81. The molecule has 1 amide bonds. The molecule has 1 heterocycles. The molecule has 1 atom stereocenters. The van der Waals surface area contributed by atoms with Gasteiger partial charge in [-0.1, -0.05) is 23.2 Å². The largest absolute Gasteiger partial charge is 0.345 e. The number of carbonyl (C=O) groups is 1. The van der Waals surface area contributed by atoms with Crippen molar-refractivity contribution >= 4 is 29.1 Å². The van der Waals surface area contributed by atoms with Crippen molar-refractivity contribution in [3.05, 3.63) is 63.4 Å². The Labute approximate surface area is 126 Å². The average Bonchev–Trinajstić information content (AvgIpc) is 2.82. The summed E-state index contributed by atoms with van der Waals surface area (Å²) in [7, 11) is 0. The quantitative estimate of drug-likeness (QED) is 0.917. The van der Waals surface area contributed by atoms with Gasteiger partial charge in [0.2, 0.25) is 0 Å². The number of hydrogen-bond donors (Lipinski definition) is 1. The molecule has 0 aliphatic heterocycles. The Morgan fingerprint density at radius 3 is 2.95 bits per heavy atom. The Balaban J connectivity index is 1.84. The Morgan fingerprint density at radius 1 is 1.35 bits per heavy atom. The second-order valence-electron chi connectivity index (χ2n) is 4.77. The molecule has 1 aliphatic carbocycles. The summed E-state index contributed by atoms with van der Waals surface area (Å²) in [5.41, 5.74) is 2.64. The minimum Gasteiger partial charge on any atom is -0.345 e. The van der Waals surface area contributed by atoms with Crippen molar-refractivity contribution in [2.24, 2.45) is 0 Å². The summed E-state index contributed by atoms with van der Waals surface area (Å²) in [4.78, 5) is 16.1. The number of hydrogen-bond acceptors (Lipinski definition) is 2. The van der Waals surface area contributed by atoms with Gasteiger partial charge >= 0.3 is 0 Å². The number of aromatic nitrogens is 1. The fourth-order valence-electron chi connectivity index (χ4n) is 2.56. The van der Waals surface area contributed by atoms with Crippen LogP contribution in [-0.4, -0.2) is 10.9 Å². The van der Waals surface area contributed by atoms with E-state index >= 15 is 0 Å². The third-order valence-corrected chi connectivity index (χ3v) is 3.99. The van der Waals surface area contributed by atoms with Gasteiger partial charge in [-0.05, 0) is 48.2 Å². The van der Waals surface area contributed by atoms with E-state index in [0.717, 1.165) is 24.0 Å². The third kappa shape index (κ3) is 2.51. The van der Waals surface area contributed by atoms with Crippen LogP contribution in [0.25, 0.3) is 0 Å². The Kier molecular flexibility index (Phi) is 3.64. The van der Waals surface area contributed by atoms with E-state index < -0.39 is 0 Å². The fourth-order valence-corrected chi connectivity index (χ4v) is 3.23. The normalized spacial score (nSPS) is 16.8. The van der Waals surface area contributed by atoms with Crippen LogP contribution >= 0.6 is 23.2 Å². The highest BCUT2D eigenvalue weighted by Crippen LogP contribution is 2.38. The molecule has 0 unspecified atom stereocenters. The minimum absolute atomic E-state index is 0.0672. The molecule has 0 saturated carbocycles. The third-order valence-electron chi connectivity index (χ3n) is 3.46. The molecule has 1 aromatic heterocycles. The van der Waals surface area contributed by atoms with Gasteiger partial charge in [-0.15, -0.1) is 0 Å². The first kappa shape index (κ1) is 13.4. The monoisotopic (exact) mass is 306 g/mol. The Morgan fingerprint density at radius 2 is 2.20 bits per heavy atom. The maximum atomic E-state index is 12.2. The van der Waals surface area contributed by atoms with Gasteiger partial charge < -0.3 is 5.32 Å². The molecule has 1 aliphatic rings. The molecule has 0 bridgehead atoms. The lowest BCUT2D eigenvalue weighted by Gasteiger charge is -2.15. The number of pyridine rings is 1. The second kappa shape index (κ2) is 5.43. The van der Waals surface area contributed by atoms with E-state index in [0.29, 0.717) is 15.6 Å². The SMILES string of the molecule is O=C(N[C@@H]1CCc2cc(Cl)cc(Cl)c21)c1cccnc1. The van der Waals surface area contributed by atoms with Crippen molar-refractivity contribution in [2.45, 2.75) is 18.9 Å². The summed E-state index contributed by atoms with van der Waals surface area (Å²) in [5.74, 6) is -0.137. The van der Waals surface area contributed by atoms with Crippen LogP contribution in [0.2, 0.25) is 10.0 Å². The number of nitrogens with one attached hydrogen (secondary N) is 1. The maximum absolute atomic E-state index is 12.2. The Hall–Kier alpha value is -1.58. The fraction of sp³-hybridized carbons (Fsp3) is 0.200. The van der Waals surface area contributed by atoms with Gasteiger partial charge in [-0.2, -0.15) is 0 Å². The molecule has 5 heteroatoms. The number of nitrogens with zero attached hydrogens (tertiary/aromatic N) is 1. The van der Waals surface area contributed by atoms with Crippen molar-refractivity contribution in [3.8, 4) is 0 Å². The summed E-state index contributed by atoms with van der Waals surface area (Å²) >= 11 is 12.2. The Bertz CT molecular complexity index is 658. The first-order valence-corrected chi connectivity index (χ1v) is 7.09. The van der Waals surface area contributed by atoms with Gasteiger partial charge in [0.25, 0.3) is 5.91 Å². The molecule has 0 radical (unpaired) electrons. The average molecular weight is 307 g/mol. The summed E-state index contributed by atoms with van der Waals surface area (Å²) in [6, 6.07) is 7.05. The lowest BCUT2D eigenvalue weighted by Crippen LogP contribution is -2.27. The summed E-state index contributed by atoms with van der Waals surface area (Å²) in [6.07, 6.45) is 4.89. The van der Waals surface area contributed by atoms with Crippen molar-refractivity contribution < 1.29 is 4.79 Å². The molecule has 0 spiro atoms. The number of fused-ring (bicyclic) bond motifs is 1. The number of carbonyl (C=O) groups excluding carboxylic acids is 1. The lowest BCUT2D eigenvalue weighted by atomic mass is 10.1. The van der Waals surface area contributed by atoms with E-state index in [-0.39, 0.29) is 11.9 Å². The number of amides is 1. The number of benzene rings is 1. The maximum Gasteiger partial charge on any atom is 0.253 e. The van der Waals surface area contributed by atoms with Gasteiger partial charge in [0.1, 0.15) is 0 Å². The highest BCUT2D eigenvalue weighted by molar-refractivity contribution is 6.35. The predicted molar refractivity (Wildman–Crippen MR) is 79.2 cm³/mol. The second-order valence-corrected chi connectivity index (χ2v) is 5.61. The van der Waals surface area contributed by atoms with E-state index in [1.54, 1.807) is 30.6 Å². The molecule has 0 fully saturated rings. The van der Waals surface area contributed by atoms with E-state index in [9.17, 15) is 4.79 Å². The van der Waals surface area contributed by atoms with E-state index in [2.05, 4.69) is 10.3 Å². The van der Waals surface area contributed by atoms with Crippen LogP contribution in [0.1, 0.15) is 33.9 Å². The molecule has 102 valence electrons. The molecule has 2 aromatic rings. The van der Waals surface area contributed by atoms with E-state index in [1.807, 2.05) is 6.07 Å².